The molecule has 0 aliphatic carbocycles. The van der Waals surface area contributed by atoms with Gasteiger partial charge in [0.25, 0.3) is 5.91 Å². The highest BCUT2D eigenvalue weighted by atomic mass is 35.5. The number of pyridine rings is 1. The first-order valence-electron chi connectivity index (χ1n) is 10.3. The van der Waals surface area contributed by atoms with Gasteiger partial charge in [0.1, 0.15) is 13.2 Å². The zero-order valence-electron chi connectivity index (χ0n) is 17.4. The first-order chi connectivity index (χ1) is 16.3. The van der Waals surface area contributed by atoms with E-state index in [1.165, 1.54) is 0 Å². The fourth-order valence-electron chi connectivity index (χ4n) is 3.70. The van der Waals surface area contributed by atoms with E-state index < -0.39 is 17.6 Å². The Morgan fingerprint density at radius 3 is 2.50 bits per heavy atom. The van der Waals surface area contributed by atoms with Gasteiger partial charge >= 0.3 is 6.18 Å². The molecule has 0 radical (unpaired) electrons. The van der Waals surface area contributed by atoms with Crippen LogP contribution < -0.4 is 14.8 Å². The molecule has 0 bridgehead atoms. The second kappa shape index (κ2) is 8.53. The summed E-state index contributed by atoms with van der Waals surface area (Å²) in [6, 6.07) is 16.7. The summed E-state index contributed by atoms with van der Waals surface area (Å²) in [5.41, 5.74) is 0.934. The van der Waals surface area contributed by atoms with Gasteiger partial charge in [-0.15, -0.1) is 0 Å². The first kappa shape index (κ1) is 22.0. The number of alkyl halides is 3. The quantitative estimate of drug-likeness (QED) is 0.356. The highest BCUT2D eigenvalue weighted by Crippen LogP contribution is 2.36. The monoisotopic (exact) mass is 484 g/mol. The van der Waals surface area contributed by atoms with E-state index in [0.717, 1.165) is 18.2 Å². The molecule has 4 aromatic rings. The molecule has 0 saturated heterocycles. The number of benzene rings is 3. The third-order valence-corrected chi connectivity index (χ3v) is 5.67. The molecule has 9 heteroatoms. The third kappa shape index (κ3) is 4.24. The number of amides is 1. The molecule has 1 aliphatic heterocycles. The molecular formula is C25H16ClF3N2O3. The van der Waals surface area contributed by atoms with Gasteiger partial charge in [-0.3, -0.25) is 4.79 Å². The van der Waals surface area contributed by atoms with Crippen molar-refractivity contribution in [3.63, 3.8) is 0 Å². The van der Waals surface area contributed by atoms with Crippen molar-refractivity contribution >= 4 is 34.1 Å². The van der Waals surface area contributed by atoms with Gasteiger partial charge in [-0.25, -0.2) is 4.98 Å². The predicted molar refractivity (Wildman–Crippen MR) is 123 cm³/mol. The van der Waals surface area contributed by atoms with Crippen molar-refractivity contribution < 1.29 is 27.4 Å². The summed E-state index contributed by atoms with van der Waals surface area (Å²) in [4.78, 5) is 17.9. The minimum absolute atomic E-state index is 0.00762. The van der Waals surface area contributed by atoms with E-state index in [-0.39, 0.29) is 16.3 Å². The predicted octanol–water partition coefficient (Wildman–Crippen LogP) is 6.60. The van der Waals surface area contributed by atoms with Crippen LogP contribution in [0, 0.1) is 0 Å². The Morgan fingerprint density at radius 2 is 1.71 bits per heavy atom. The molecule has 172 valence electrons. The Bertz CT molecular complexity index is 1420. The number of nitrogens with zero attached hydrogens (tertiary/aromatic N) is 1. The lowest BCUT2D eigenvalue weighted by Crippen LogP contribution is -2.15. The van der Waals surface area contributed by atoms with Gasteiger partial charge in [0, 0.05) is 10.9 Å². The second-order valence-corrected chi connectivity index (χ2v) is 7.98. The number of fused-ring (bicyclic) bond motifs is 2. The third-order valence-electron chi connectivity index (χ3n) is 5.34. The Balaban J connectivity index is 1.57. The van der Waals surface area contributed by atoms with E-state index >= 15 is 0 Å². The number of rotatable bonds is 3. The lowest BCUT2D eigenvalue weighted by molar-refractivity contribution is -0.137. The van der Waals surface area contributed by atoms with Gasteiger partial charge in [-0.05, 0) is 48.5 Å². The molecule has 5 rings (SSSR count). The van der Waals surface area contributed by atoms with Gasteiger partial charge in [0.15, 0.2) is 11.5 Å². The summed E-state index contributed by atoms with van der Waals surface area (Å²) >= 11 is 6.07. The van der Waals surface area contributed by atoms with Crippen LogP contribution >= 0.6 is 11.6 Å². The normalized spacial score (nSPS) is 13.1. The van der Waals surface area contributed by atoms with Crippen LogP contribution in [0.2, 0.25) is 5.02 Å². The molecule has 2 heterocycles. The van der Waals surface area contributed by atoms with Crippen LogP contribution in [-0.4, -0.2) is 24.1 Å². The summed E-state index contributed by atoms with van der Waals surface area (Å²) in [5.74, 6) is 0.576. The van der Waals surface area contributed by atoms with Gasteiger partial charge in [-0.1, -0.05) is 29.8 Å². The highest BCUT2D eigenvalue weighted by Gasteiger charge is 2.31. The van der Waals surface area contributed by atoms with E-state index in [0.29, 0.717) is 46.9 Å². The number of carbonyl (C=O) groups is 1. The van der Waals surface area contributed by atoms with Crippen LogP contribution in [0.5, 0.6) is 11.5 Å². The van der Waals surface area contributed by atoms with Crippen LogP contribution in [0.1, 0.15) is 15.9 Å². The molecule has 1 aromatic heterocycles. The Morgan fingerprint density at radius 1 is 0.941 bits per heavy atom. The smallest absolute Gasteiger partial charge is 0.416 e. The Hall–Kier alpha value is -3.78. The number of anilines is 1. The molecule has 1 N–H and O–H groups in total. The van der Waals surface area contributed by atoms with Crippen molar-refractivity contribution in [3.8, 4) is 22.8 Å². The van der Waals surface area contributed by atoms with Crippen LogP contribution in [0.3, 0.4) is 0 Å². The molecule has 0 atom stereocenters. The minimum Gasteiger partial charge on any atom is -0.486 e. The van der Waals surface area contributed by atoms with Gasteiger partial charge in [0.2, 0.25) is 0 Å². The molecule has 0 unspecified atom stereocenters. The van der Waals surface area contributed by atoms with Crippen LogP contribution in [0.15, 0.2) is 66.7 Å². The zero-order valence-corrected chi connectivity index (χ0v) is 18.2. The van der Waals surface area contributed by atoms with Crippen molar-refractivity contribution in [1.82, 2.24) is 4.98 Å². The number of halogens is 4. The SMILES string of the molecule is O=C(Nc1cc(C(F)(F)F)ccc1Cl)c1cc(-c2ccc3c(c2)OCCO3)nc2ccccc12. The van der Waals surface area contributed by atoms with Gasteiger partial charge in [0.05, 0.1) is 33.0 Å². The molecule has 1 aliphatic rings. The van der Waals surface area contributed by atoms with E-state index in [1.807, 2.05) is 0 Å². The fourth-order valence-corrected chi connectivity index (χ4v) is 3.87. The van der Waals surface area contributed by atoms with Crippen LogP contribution in [-0.2, 0) is 6.18 Å². The van der Waals surface area contributed by atoms with Crippen molar-refractivity contribution in [2.24, 2.45) is 0 Å². The largest absolute Gasteiger partial charge is 0.486 e. The molecule has 1 amide bonds. The summed E-state index contributed by atoms with van der Waals surface area (Å²) in [6.45, 7) is 0.885. The summed E-state index contributed by atoms with van der Waals surface area (Å²) < 4.78 is 50.6. The lowest BCUT2D eigenvalue weighted by atomic mass is 10.0. The van der Waals surface area contributed by atoms with Gasteiger partial charge < -0.3 is 14.8 Å². The molecular weight excluding hydrogens is 469 g/mol. The topological polar surface area (TPSA) is 60.5 Å². The molecule has 3 aromatic carbocycles. The zero-order chi connectivity index (χ0) is 23.9. The summed E-state index contributed by atoms with van der Waals surface area (Å²) in [7, 11) is 0. The highest BCUT2D eigenvalue weighted by molar-refractivity contribution is 6.34. The summed E-state index contributed by atoms with van der Waals surface area (Å²) in [6.07, 6.45) is -4.57. The lowest BCUT2D eigenvalue weighted by Gasteiger charge is -2.19. The van der Waals surface area contributed by atoms with Crippen LogP contribution in [0.25, 0.3) is 22.2 Å². The number of para-hydroxylation sites is 1. The standard InChI is InChI=1S/C25H16ClF3N2O3/c26-18-7-6-15(25(27,28)29)12-21(18)31-24(32)17-13-20(30-19-4-2-1-3-16(17)19)14-5-8-22-23(11-14)34-10-9-33-22/h1-8,11-13H,9-10H2,(H,31,32). The van der Waals surface area contributed by atoms with Crippen molar-refractivity contribution in [3.05, 3.63) is 82.9 Å². The van der Waals surface area contributed by atoms with Crippen LogP contribution in [0.4, 0.5) is 18.9 Å². The molecule has 34 heavy (non-hydrogen) atoms. The molecule has 5 nitrogen and oxygen atoms in total. The molecule has 0 fully saturated rings. The number of hydrogen-bond acceptors (Lipinski definition) is 4. The number of ether oxygens (including phenoxy) is 2. The van der Waals surface area contributed by atoms with Crippen molar-refractivity contribution in [1.29, 1.82) is 0 Å². The van der Waals surface area contributed by atoms with E-state index in [2.05, 4.69) is 10.3 Å². The fraction of sp³-hybridized carbons (Fsp3) is 0.120. The number of aromatic nitrogens is 1. The number of hydrogen-bond donors (Lipinski definition) is 1. The average molecular weight is 485 g/mol. The number of carbonyl (C=O) groups excluding carboxylic acids is 1. The van der Waals surface area contributed by atoms with E-state index in [1.54, 1.807) is 48.5 Å². The molecule has 0 spiro atoms. The number of nitrogens with one attached hydrogen (secondary N) is 1. The van der Waals surface area contributed by atoms with E-state index in [4.69, 9.17) is 21.1 Å². The van der Waals surface area contributed by atoms with E-state index in [9.17, 15) is 18.0 Å². The Kier molecular flexibility index (Phi) is 5.53. The van der Waals surface area contributed by atoms with Crippen molar-refractivity contribution in [2.45, 2.75) is 6.18 Å². The maximum absolute atomic E-state index is 13.2. The van der Waals surface area contributed by atoms with Gasteiger partial charge in [-0.2, -0.15) is 13.2 Å². The Labute approximate surface area is 197 Å². The maximum atomic E-state index is 13.2. The summed E-state index contributed by atoms with van der Waals surface area (Å²) in [5, 5.41) is 3.05. The maximum Gasteiger partial charge on any atom is 0.416 e. The van der Waals surface area contributed by atoms with Crippen molar-refractivity contribution in [2.75, 3.05) is 18.5 Å². The average Bonchev–Trinajstić information content (AvgIpc) is 2.83. The second-order valence-electron chi connectivity index (χ2n) is 7.58. The molecule has 0 saturated carbocycles. The first-order valence-corrected chi connectivity index (χ1v) is 10.7. The minimum atomic E-state index is -4.57.